The van der Waals surface area contributed by atoms with E-state index in [1.54, 1.807) is 32.0 Å². The van der Waals surface area contributed by atoms with E-state index < -0.39 is 11.2 Å². The smallest absolute Gasteiger partial charge is 0.332 e. The lowest BCUT2D eigenvalue weighted by Gasteiger charge is -2.40. The zero-order valence-corrected chi connectivity index (χ0v) is 32.5. The Balaban J connectivity index is 1.10. The average molecular weight is 787 g/mol. The molecule has 3 aliphatic rings. The van der Waals surface area contributed by atoms with E-state index in [1.807, 2.05) is 30.3 Å². The molecule has 2 aliphatic heterocycles. The number of fused-ring (bicyclic) bond motifs is 2. The number of hydrogen-bond donors (Lipinski definition) is 3. The molecule has 5 heterocycles. The topological polar surface area (TPSA) is 160 Å². The largest absolute Gasteiger partial charge is 0.481 e. The molecule has 55 heavy (non-hydrogen) atoms. The van der Waals surface area contributed by atoms with Crippen molar-refractivity contribution in [3.63, 3.8) is 0 Å². The van der Waals surface area contributed by atoms with Crippen LogP contribution in [0.4, 0.5) is 16.3 Å². The number of pyridine rings is 1. The standard InChI is InChI=1S/C39H41Cl2N9O5/c1-21-42-33(30-34(43-21)47(2)38(54)48(3)36(30)52)44-26-10-6-8-24(32(26)41)23-7-5-9-25(31(23)40)27-19-22-11-12-28(29(22)35(45-27)55-4)50-16-14-39(20-50)13-15-49(17-18-51)37(53)46-39/h5-10,19,28,51H,11-18,20H2,1-4H3,(H,46,53)(H,42,43,44)/t28-,39+/m1/s1. The highest BCUT2D eigenvalue weighted by Gasteiger charge is 2.46. The third-order valence-corrected chi connectivity index (χ3v) is 12.1. The summed E-state index contributed by atoms with van der Waals surface area (Å²) in [7, 11) is 4.61. The number of aromatic nitrogens is 5. The van der Waals surface area contributed by atoms with Crippen LogP contribution in [0.2, 0.25) is 10.0 Å². The number of hydrogen-bond acceptors (Lipinski definition) is 10. The van der Waals surface area contributed by atoms with Crippen LogP contribution in [-0.4, -0.2) is 90.5 Å². The van der Waals surface area contributed by atoms with Gasteiger partial charge in [-0.2, -0.15) is 0 Å². The molecule has 1 spiro atoms. The summed E-state index contributed by atoms with van der Waals surface area (Å²) in [5.41, 5.74) is 4.35. The quantitative estimate of drug-likeness (QED) is 0.196. The van der Waals surface area contributed by atoms with Crippen molar-refractivity contribution in [1.29, 1.82) is 0 Å². The number of rotatable bonds is 8. The van der Waals surface area contributed by atoms with Gasteiger partial charge in [0.25, 0.3) is 5.56 Å². The predicted molar refractivity (Wildman–Crippen MR) is 212 cm³/mol. The summed E-state index contributed by atoms with van der Waals surface area (Å²) in [5, 5.41) is 16.8. The lowest BCUT2D eigenvalue weighted by Crippen LogP contribution is -2.61. The second kappa shape index (κ2) is 14.2. The van der Waals surface area contributed by atoms with Crippen LogP contribution in [0.25, 0.3) is 33.4 Å². The van der Waals surface area contributed by atoms with E-state index >= 15 is 0 Å². The first-order chi connectivity index (χ1) is 26.4. The maximum Gasteiger partial charge on any atom is 0.332 e. The molecule has 2 aromatic carbocycles. The summed E-state index contributed by atoms with van der Waals surface area (Å²) in [4.78, 5) is 56.7. The Labute approximate surface area is 326 Å². The Hall–Kier alpha value is -5.02. The van der Waals surface area contributed by atoms with Crippen LogP contribution in [0.5, 0.6) is 5.88 Å². The molecule has 0 bridgehead atoms. The zero-order valence-electron chi connectivity index (χ0n) is 30.9. The van der Waals surface area contributed by atoms with Crippen molar-refractivity contribution in [1.82, 2.24) is 39.2 Å². The van der Waals surface area contributed by atoms with Crippen molar-refractivity contribution >= 4 is 51.8 Å². The second-order valence-corrected chi connectivity index (χ2v) is 15.3. The van der Waals surface area contributed by atoms with Crippen molar-refractivity contribution in [3.05, 3.63) is 90.3 Å². The molecule has 14 nitrogen and oxygen atoms in total. The van der Waals surface area contributed by atoms with Crippen molar-refractivity contribution in [2.75, 3.05) is 45.2 Å². The van der Waals surface area contributed by atoms with Crippen LogP contribution in [0.1, 0.15) is 42.3 Å². The minimum atomic E-state index is -0.527. The van der Waals surface area contributed by atoms with E-state index in [0.717, 1.165) is 60.0 Å². The Morgan fingerprint density at radius 1 is 0.982 bits per heavy atom. The molecule has 0 unspecified atom stereocenters. The number of carbonyl (C=O) groups is 1. The normalized spacial score (nSPS) is 19.7. The van der Waals surface area contributed by atoms with Gasteiger partial charge in [0.2, 0.25) is 5.88 Å². The molecular weight excluding hydrogens is 745 g/mol. The van der Waals surface area contributed by atoms with E-state index in [0.29, 0.717) is 57.3 Å². The summed E-state index contributed by atoms with van der Waals surface area (Å²) in [6.07, 6.45) is 3.45. The molecular formula is C39H41Cl2N9O5. The first-order valence-electron chi connectivity index (χ1n) is 18.2. The monoisotopic (exact) mass is 785 g/mol. The van der Waals surface area contributed by atoms with Gasteiger partial charge in [-0.15, -0.1) is 0 Å². The zero-order chi connectivity index (χ0) is 38.8. The minimum absolute atomic E-state index is 0.0493. The Morgan fingerprint density at radius 3 is 2.45 bits per heavy atom. The van der Waals surface area contributed by atoms with Gasteiger partial charge in [-0.25, -0.2) is 24.5 Å². The van der Waals surface area contributed by atoms with E-state index in [9.17, 15) is 19.5 Å². The van der Waals surface area contributed by atoms with Gasteiger partial charge in [-0.3, -0.25) is 18.8 Å². The Morgan fingerprint density at radius 2 is 1.71 bits per heavy atom. The molecule has 2 amide bonds. The molecule has 286 valence electrons. The predicted octanol–water partition coefficient (Wildman–Crippen LogP) is 4.96. The number of benzene rings is 2. The van der Waals surface area contributed by atoms with Gasteiger partial charge in [0, 0.05) is 68.6 Å². The van der Waals surface area contributed by atoms with Crippen molar-refractivity contribution in [3.8, 4) is 28.3 Å². The summed E-state index contributed by atoms with van der Waals surface area (Å²) >= 11 is 14.3. The van der Waals surface area contributed by atoms with E-state index in [4.69, 9.17) is 32.9 Å². The van der Waals surface area contributed by atoms with E-state index in [1.165, 1.54) is 11.6 Å². The number of methoxy groups -OCH3 is 1. The molecule has 2 saturated heterocycles. The highest BCUT2D eigenvalue weighted by molar-refractivity contribution is 6.39. The third kappa shape index (κ3) is 6.30. The summed E-state index contributed by atoms with van der Waals surface area (Å²) in [6, 6.07) is 13.3. The van der Waals surface area contributed by atoms with Gasteiger partial charge in [0.1, 0.15) is 17.0 Å². The molecule has 16 heteroatoms. The third-order valence-electron chi connectivity index (χ3n) is 11.3. The number of amides is 2. The lowest BCUT2D eigenvalue weighted by molar-refractivity contribution is 0.127. The summed E-state index contributed by atoms with van der Waals surface area (Å²) in [6.45, 7) is 4.20. The average Bonchev–Trinajstić information content (AvgIpc) is 3.79. The van der Waals surface area contributed by atoms with Gasteiger partial charge in [-0.05, 0) is 50.3 Å². The van der Waals surface area contributed by atoms with Gasteiger partial charge in [0.15, 0.2) is 5.65 Å². The first kappa shape index (κ1) is 36.9. The van der Waals surface area contributed by atoms with Crippen molar-refractivity contribution in [2.45, 2.75) is 44.2 Å². The number of aliphatic hydroxyl groups is 1. The number of urea groups is 1. The Bertz CT molecular complexity index is 2510. The molecule has 0 radical (unpaired) electrons. The molecule has 1 aliphatic carbocycles. The number of aryl methyl sites for hydroxylation is 3. The van der Waals surface area contributed by atoms with Crippen LogP contribution in [0, 0.1) is 6.92 Å². The highest BCUT2D eigenvalue weighted by Crippen LogP contribution is 2.47. The number of nitrogens with zero attached hydrogens (tertiary/aromatic N) is 7. The molecule has 2 fully saturated rings. The molecule has 3 N–H and O–H groups in total. The minimum Gasteiger partial charge on any atom is -0.481 e. The number of likely N-dealkylation sites (tertiary alicyclic amines) is 1. The lowest BCUT2D eigenvalue weighted by atomic mass is 9.92. The van der Waals surface area contributed by atoms with Crippen LogP contribution in [-0.2, 0) is 20.5 Å². The van der Waals surface area contributed by atoms with Crippen LogP contribution >= 0.6 is 23.2 Å². The fraction of sp³-hybridized carbons (Fsp3) is 0.385. The number of halogens is 2. The van der Waals surface area contributed by atoms with E-state index in [2.05, 4.69) is 31.6 Å². The van der Waals surface area contributed by atoms with Gasteiger partial charge in [0.05, 0.1) is 40.7 Å². The Kier molecular flexibility index (Phi) is 9.56. The van der Waals surface area contributed by atoms with Gasteiger partial charge in [-0.1, -0.05) is 53.5 Å². The van der Waals surface area contributed by atoms with Gasteiger partial charge < -0.3 is 25.4 Å². The maximum atomic E-state index is 13.3. The van der Waals surface area contributed by atoms with Crippen LogP contribution < -0.4 is 26.6 Å². The molecule has 5 aromatic rings. The number of ether oxygens (including phenoxy) is 1. The molecule has 8 rings (SSSR count). The summed E-state index contributed by atoms with van der Waals surface area (Å²) < 4.78 is 8.29. The first-order valence-corrected chi connectivity index (χ1v) is 19.0. The SMILES string of the molecule is COc1nc(-c2cccc(-c3cccc(Nc4nc(C)nc5c4c(=O)n(C)c(=O)n5C)c3Cl)c2Cl)cc2c1[C@H](N1CC[C@@]3(CCN(CCO)C(=O)N3)C1)CC2. The molecule has 3 aromatic heterocycles. The van der Waals surface area contributed by atoms with Crippen molar-refractivity contribution < 1.29 is 14.6 Å². The van der Waals surface area contributed by atoms with Crippen LogP contribution in [0.3, 0.4) is 0 Å². The van der Waals surface area contributed by atoms with Crippen molar-refractivity contribution in [2.24, 2.45) is 14.1 Å². The maximum absolute atomic E-state index is 13.3. The number of anilines is 2. The van der Waals surface area contributed by atoms with Crippen LogP contribution in [0.15, 0.2) is 52.1 Å². The fourth-order valence-corrected chi connectivity index (χ4v) is 9.03. The van der Waals surface area contributed by atoms with E-state index in [-0.39, 0.29) is 41.1 Å². The second-order valence-electron chi connectivity index (χ2n) is 14.5. The number of β-amino-alcohol motifs (C(OH)–C–C–N with tert-alkyl or cyclic N) is 1. The molecule has 2 atom stereocenters. The molecule has 0 saturated carbocycles. The number of nitrogens with one attached hydrogen (secondary N) is 2. The highest BCUT2D eigenvalue weighted by atomic mass is 35.5. The van der Waals surface area contributed by atoms with Gasteiger partial charge >= 0.3 is 11.7 Å². The number of carbonyl (C=O) groups excluding carboxylic acids is 1. The fourth-order valence-electron chi connectivity index (χ4n) is 8.43. The summed E-state index contributed by atoms with van der Waals surface area (Å²) in [5.74, 6) is 1.15. The number of aliphatic hydroxyl groups excluding tert-OH is 1.